The number of primary amides is 1. The van der Waals surface area contributed by atoms with Gasteiger partial charge < -0.3 is 16.4 Å². The summed E-state index contributed by atoms with van der Waals surface area (Å²) in [5, 5.41) is 13.2. The lowest BCUT2D eigenvalue weighted by atomic mass is 10.1. The number of carbonyl (C=O) groups excluding carboxylic acids is 3. The average Bonchev–Trinajstić information content (AvgIpc) is 2.96. The first-order valence-corrected chi connectivity index (χ1v) is 7.22. The van der Waals surface area contributed by atoms with Crippen molar-refractivity contribution in [3.8, 4) is 5.69 Å². The first kappa shape index (κ1) is 17.1. The first-order chi connectivity index (χ1) is 11.4. The van der Waals surface area contributed by atoms with Crippen LogP contribution >= 0.6 is 0 Å². The highest BCUT2D eigenvalue weighted by molar-refractivity contribution is 5.98. The summed E-state index contributed by atoms with van der Waals surface area (Å²) in [6.07, 6.45) is -0.308. The molecular formula is C15H18N6O3. The highest BCUT2D eigenvalue weighted by Gasteiger charge is 2.25. The van der Waals surface area contributed by atoms with Gasteiger partial charge in [-0.25, -0.2) is 0 Å². The van der Waals surface area contributed by atoms with Crippen molar-refractivity contribution in [2.45, 2.75) is 19.4 Å². The molecular weight excluding hydrogens is 312 g/mol. The van der Waals surface area contributed by atoms with Crippen LogP contribution in [0.1, 0.15) is 22.6 Å². The molecule has 0 bridgehead atoms. The van der Waals surface area contributed by atoms with E-state index in [1.54, 1.807) is 19.1 Å². The number of rotatable bonds is 6. The number of hydrogen-bond donors (Lipinski definition) is 3. The van der Waals surface area contributed by atoms with Crippen LogP contribution in [-0.4, -0.2) is 45.8 Å². The first-order valence-electron chi connectivity index (χ1n) is 7.22. The molecule has 126 valence electrons. The Hall–Kier alpha value is -3.23. The van der Waals surface area contributed by atoms with Crippen LogP contribution in [0.2, 0.25) is 0 Å². The molecule has 1 heterocycles. The van der Waals surface area contributed by atoms with Crippen molar-refractivity contribution in [1.82, 2.24) is 25.6 Å². The number of nitrogens with two attached hydrogens (primary N) is 1. The molecule has 0 saturated carbocycles. The summed E-state index contributed by atoms with van der Waals surface area (Å²) in [6.45, 7) is 1.63. The molecule has 0 aliphatic heterocycles. The predicted molar refractivity (Wildman–Crippen MR) is 85.2 cm³/mol. The zero-order chi connectivity index (χ0) is 17.7. The second-order valence-corrected chi connectivity index (χ2v) is 5.07. The maximum Gasteiger partial charge on any atom is 0.274 e. The Morgan fingerprint density at radius 2 is 1.88 bits per heavy atom. The zero-order valence-corrected chi connectivity index (χ0v) is 13.3. The number of nitrogens with zero attached hydrogens (tertiary/aromatic N) is 3. The molecule has 0 aliphatic rings. The largest absolute Gasteiger partial charge is 0.370 e. The van der Waals surface area contributed by atoms with Gasteiger partial charge in [0.25, 0.3) is 5.91 Å². The van der Waals surface area contributed by atoms with E-state index in [4.69, 9.17) is 5.73 Å². The molecule has 0 saturated heterocycles. The van der Waals surface area contributed by atoms with Gasteiger partial charge in [-0.05, 0) is 19.1 Å². The molecule has 0 aliphatic carbocycles. The van der Waals surface area contributed by atoms with Gasteiger partial charge in [0.1, 0.15) is 6.04 Å². The van der Waals surface area contributed by atoms with E-state index in [1.807, 2.05) is 18.2 Å². The van der Waals surface area contributed by atoms with Crippen LogP contribution < -0.4 is 16.4 Å². The van der Waals surface area contributed by atoms with Crippen molar-refractivity contribution in [3.05, 3.63) is 41.7 Å². The summed E-state index contributed by atoms with van der Waals surface area (Å²) in [5.41, 5.74) is 6.26. The number of aromatic nitrogens is 3. The van der Waals surface area contributed by atoms with E-state index in [1.165, 1.54) is 11.8 Å². The normalized spacial score (nSPS) is 11.6. The van der Waals surface area contributed by atoms with Gasteiger partial charge >= 0.3 is 0 Å². The highest BCUT2D eigenvalue weighted by atomic mass is 16.2. The van der Waals surface area contributed by atoms with Crippen molar-refractivity contribution < 1.29 is 14.4 Å². The SMILES string of the molecule is CNC(=O)[C@H](CC(N)=O)NC(=O)c1nn(-c2ccccc2)nc1C. The Bertz CT molecular complexity index is 756. The number of para-hydroxylation sites is 1. The smallest absolute Gasteiger partial charge is 0.274 e. The van der Waals surface area contributed by atoms with Crippen LogP contribution in [0.3, 0.4) is 0 Å². The zero-order valence-electron chi connectivity index (χ0n) is 13.3. The molecule has 9 nitrogen and oxygen atoms in total. The fourth-order valence-electron chi connectivity index (χ4n) is 2.08. The number of amides is 3. The molecule has 2 aromatic rings. The molecule has 3 amide bonds. The Morgan fingerprint density at radius 1 is 1.21 bits per heavy atom. The minimum Gasteiger partial charge on any atom is -0.370 e. The highest BCUT2D eigenvalue weighted by Crippen LogP contribution is 2.08. The lowest BCUT2D eigenvalue weighted by Gasteiger charge is -2.14. The summed E-state index contributed by atoms with van der Waals surface area (Å²) in [6, 6.07) is 8.01. The molecule has 0 unspecified atom stereocenters. The molecule has 9 heteroatoms. The number of aryl methyl sites for hydroxylation is 1. The van der Waals surface area contributed by atoms with Crippen LogP contribution in [-0.2, 0) is 9.59 Å². The van der Waals surface area contributed by atoms with Crippen LogP contribution in [0.5, 0.6) is 0 Å². The van der Waals surface area contributed by atoms with Gasteiger partial charge in [-0.3, -0.25) is 14.4 Å². The third-order valence-electron chi connectivity index (χ3n) is 3.26. The Labute approximate surface area is 138 Å². The molecule has 0 radical (unpaired) electrons. The summed E-state index contributed by atoms with van der Waals surface area (Å²) >= 11 is 0. The minimum atomic E-state index is -1.07. The van der Waals surface area contributed by atoms with Crippen molar-refractivity contribution in [2.24, 2.45) is 5.73 Å². The fourth-order valence-corrected chi connectivity index (χ4v) is 2.08. The van der Waals surface area contributed by atoms with Gasteiger partial charge in [-0.1, -0.05) is 18.2 Å². The standard InChI is InChI=1S/C15H18N6O3/c1-9-13(20-21(19-9)10-6-4-3-5-7-10)15(24)18-11(8-12(16)22)14(23)17-2/h3-7,11H,8H2,1-2H3,(H2,16,22)(H,17,23)(H,18,24)/t11-/m0/s1. The van der Waals surface area contributed by atoms with E-state index in [0.29, 0.717) is 11.4 Å². The van der Waals surface area contributed by atoms with Crippen LogP contribution in [0.4, 0.5) is 0 Å². The molecule has 1 aromatic carbocycles. The summed E-state index contributed by atoms with van der Waals surface area (Å²) < 4.78 is 0. The third-order valence-corrected chi connectivity index (χ3v) is 3.26. The molecule has 24 heavy (non-hydrogen) atoms. The maximum atomic E-state index is 12.4. The second kappa shape index (κ2) is 7.36. The van der Waals surface area contributed by atoms with Gasteiger partial charge in [0.05, 0.1) is 17.8 Å². The Morgan fingerprint density at radius 3 is 2.46 bits per heavy atom. The summed E-state index contributed by atoms with van der Waals surface area (Å²) in [5.74, 6) is -1.83. The number of hydrogen-bond acceptors (Lipinski definition) is 5. The Kier molecular flexibility index (Phi) is 5.25. The van der Waals surface area contributed by atoms with E-state index in [9.17, 15) is 14.4 Å². The van der Waals surface area contributed by atoms with Gasteiger partial charge in [0.2, 0.25) is 11.8 Å². The molecule has 4 N–H and O–H groups in total. The lowest BCUT2D eigenvalue weighted by molar-refractivity contribution is -0.126. The number of likely N-dealkylation sites (N-methyl/N-ethyl adjacent to an activating group) is 1. The monoisotopic (exact) mass is 330 g/mol. The van der Waals surface area contributed by atoms with Crippen LogP contribution in [0.25, 0.3) is 5.69 Å². The molecule has 0 spiro atoms. The summed E-state index contributed by atoms with van der Waals surface area (Å²) in [4.78, 5) is 36.5. The quantitative estimate of drug-likeness (QED) is 0.644. The molecule has 0 fully saturated rings. The van der Waals surface area contributed by atoms with Gasteiger partial charge in [0.15, 0.2) is 5.69 Å². The lowest BCUT2D eigenvalue weighted by Crippen LogP contribution is -2.47. The van der Waals surface area contributed by atoms with Crippen LogP contribution in [0, 0.1) is 6.92 Å². The molecule has 1 atom stereocenters. The van der Waals surface area contributed by atoms with E-state index < -0.39 is 23.8 Å². The Balaban J connectivity index is 2.21. The topological polar surface area (TPSA) is 132 Å². The number of benzene rings is 1. The average molecular weight is 330 g/mol. The van der Waals surface area contributed by atoms with E-state index in [2.05, 4.69) is 20.8 Å². The third kappa shape index (κ3) is 3.94. The van der Waals surface area contributed by atoms with E-state index in [0.717, 1.165) is 0 Å². The van der Waals surface area contributed by atoms with Crippen molar-refractivity contribution in [3.63, 3.8) is 0 Å². The molecule has 1 aromatic heterocycles. The maximum absolute atomic E-state index is 12.4. The number of nitrogens with one attached hydrogen (secondary N) is 2. The van der Waals surface area contributed by atoms with Gasteiger partial charge in [-0.2, -0.15) is 9.90 Å². The van der Waals surface area contributed by atoms with E-state index in [-0.39, 0.29) is 12.1 Å². The van der Waals surface area contributed by atoms with Crippen LogP contribution in [0.15, 0.2) is 30.3 Å². The van der Waals surface area contributed by atoms with Gasteiger partial charge in [-0.15, -0.1) is 5.10 Å². The fraction of sp³-hybridized carbons (Fsp3) is 0.267. The van der Waals surface area contributed by atoms with Crippen molar-refractivity contribution in [1.29, 1.82) is 0 Å². The summed E-state index contributed by atoms with van der Waals surface area (Å²) in [7, 11) is 1.40. The minimum absolute atomic E-state index is 0.0669. The second-order valence-electron chi connectivity index (χ2n) is 5.07. The van der Waals surface area contributed by atoms with E-state index >= 15 is 0 Å². The van der Waals surface area contributed by atoms with Crippen molar-refractivity contribution >= 4 is 17.7 Å². The van der Waals surface area contributed by atoms with Crippen molar-refractivity contribution in [2.75, 3.05) is 7.05 Å². The molecule has 2 rings (SSSR count). The van der Waals surface area contributed by atoms with Gasteiger partial charge in [0, 0.05) is 7.05 Å². The predicted octanol–water partition coefficient (Wildman–Crippen LogP) is -0.704. The number of carbonyl (C=O) groups is 3.